The van der Waals surface area contributed by atoms with Crippen LogP contribution in [0.5, 0.6) is 5.75 Å². The van der Waals surface area contributed by atoms with E-state index in [9.17, 15) is 15.6 Å². The van der Waals surface area contributed by atoms with Crippen LogP contribution < -0.4 is 16.0 Å². The Morgan fingerprint density at radius 3 is 2.36 bits per heavy atom. The van der Waals surface area contributed by atoms with E-state index in [4.69, 9.17) is 5.73 Å². The van der Waals surface area contributed by atoms with Crippen LogP contribution >= 0.6 is 0 Å². The van der Waals surface area contributed by atoms with Crippen LogP contribution in [-0.4, -0.2) is 5.11 Å². The molecule has 6 heteroatoms. The van der Waals surface area contributed by atoms with Gasteiger partial charge in [-0.15, -0.1) is 0 Å². The molecule has 2 aliphatic rings. The van der Waals surface area contributed by atoms with Crippen molar-refractivity contribution in [1.82, 2.24) is 0 Å². The quantitative estimate of drug-likeness (QED) is 0.743. The Morgan fingerprint density at radius 2 is 1.68 bits per heavy atom. The van der Waals surface area contributed by atoms with Crippen molar-refractivity contribution < 1.29 is 5.11 Å². The number of hydrogen-bond donors (Lipinski definition) is 3. The second-order valence-corrected chi connectivity index (χ2v) is 5.79. The van der Waals surface area contributed by atoms with Crippen LogP contribution in [0.25, 0.3) is 0 Å². The van der Waals surface area contributed by atoms with Gasteiger partial charge in [-0.25, -0.2) is 0 Å². The van der Waals surface area contributed by atoms with Gasteiger partial charge in [-0.05, 0) is 29.8 Å². The molecular formula is C19H13N5O. The maximum Gasteiger partial charge on any atom is 0.131 e. The molecule has 1 unspecified atom stereocenters. The fraction of sp³-hybridized carbons (Fsp3) is 0.0526. The molecule has 0 amide bonds. The summed E-state index contributed by atoms with van der Waals surface area (Å²) in [6.07, 6.45) is 0. The minimum Gasteiger partial charge on any atom is -0.508 e. The van der Waals surface area contributed by atoms with Gasteiger partial charge in [0.15, 0.2) is 0 Å². The zero-order chi connectivity index (χ0) is 17.6. The summed E-state index contributed by atoms with van der Waals surface area (Å²) >= 11 is 0. The molecule has 0 radical (unpaired) electrons. The molecule has 2 aromatic carbocycles. The Morgan fingerprint density at radius 1 is 1.00 bits per heavy atom. The van der Waals surface area contributed by atoms with Crippen molar-refractivity contribution in [3.8, 4) is 17.9 Å². The first-order valence-corrected chi connectivity index (χ1v) is 7.65. The molecule has 1 atom stereocenters. The lowest BCUT2D eigenvalue weighted by molar-refractivity contribution is 0.475. The SMILES string of the molecule is N#CC1=C(N)N2C(=C(C#N)C1c1ccc(O)cc1)Nc1ccccc12. The average molecular weight is 327 g/mol. The number of fused-ring (bicyclic) bond motifs is 3. The Kier molecular flexibility index (Phi) is 3.13. The van der Waals surface area contributed by atoms with Gasteiger partial charge in [0.2, 0.25) is 0 Å². The van der Waals surface area contributed by atoms with Crippen LogP contribution in [0.15, 0.2) is 71.3 Å². The summed E-state index contributed by atoms with van der Waals surface area (Å²) in [5, 5.41) is 32.3. The highest BCUT2D eigenvalue weighted by atomic mass is 16.3. The molecular weight excluding hydrogens is 314 g/mol. The Hall–Kier alpha value is -3.90. The van der Waals surface area contributed by atoms with Gasteiger partial charge in [0, 0.05) is 0 Å². The van der Waals surface area contributed by atoms with Crippen LogP contribution in [0.3, 0.4) is 0 Å². The number of nitrogens with zero attached hydrogens (tertiary/aromatic N) is 3. The van der Waals surface area contributed by atoms with Gasteiger partial charge in [-0.2, -0.15) is 10.5 Å². The first-order chi connectivity index (χ1) is 12.2. The topological polar surface area (TPSA) is 109 Å². The summed E-state index contributed by atoms with van der Waals surface area (Å²) in [6, 6.07) is 18.4. The number of hydrogen-bond acceptors (Lipinski definition) is 6. The number of anilines is 2. The van der Waals surface area contributed by atoms with Gasteiger partial charge >= 0.3 is 0 Å². The van der Waals surface area contributed by atoms with Crippen LogP contribution in [0.1, 0.15) is 11.5 Å². The molecule has 4 N–H and O–H groups in total. The number of phenols is 1. The largest absolute Gasteiger partial charge is 0.508 e. The highest BCUT2D eigenvalue weighted by molar-refractivity contribution is 5.86. The van der Waals surface area contributed by atoms with Crippen molar-refractivity contribution in [1.29, 1.82) is 10.5 Å². The van der Waals surface area contributed by atoms with Gasteiger partial charge in [0.1, 0.15) is 17.4 Å². The Labute approximate surface area is 144 Å². The highest BCUT2D eigenvalue weighted by Crippen LogP contribution is 2.47. The van der Waals surface area contributed by atoms with Gasteiger partial charge in [0.05, 0.1) is 40.6 Å². The summed E-state index contributed by atoms with van der Waals surface area (Å²) in [6.45, 7) is 0. The molecule has 25 heavy (non-hydrogen) atoms. The molecule has 0 saturated carbocycles. The maximum atomic E-state index is 9.81. The van der Waals surface area contributed by atoms with E-state index in [1.807, 2.05) is 24.3 Å². The van der Waals surface area contributed by atoms with Crippen molar-refractivity contribution in [3.63, 3.8) is 0 Å². The summed E-state index contributed by atoms with van der Waals surface area (Å²) in [5.74, 6) is 0.406. The molecule has 120 valence electrons. The van der Waals surface area contributed by atoms with E-state index < -0.39 is 5.92 Å². The lowest BCUT2D eigenvalue weighted by Gasteiger charge is -2.31. The van der Waals surface area contributed by atoms with Crippen LogP contribution in [0, 0.1) is 22.7 Å². The van der Waals surface area contributed by atoms with Gasteiger partial charge in [-0.1, -0.05) is 24.3 Å². The molecule has 0 saturated heterocycles. The molecule has 0 aromatic heterocycles. The van der Waals surface area contributed by atoms with E-state index in [1.165, 1.54) is 12.1 Å². The molecule has 0 aliphatic carbocycles. The van der Waals surface area contributed by atoms with Crippen molar-refractivity contribution in [2.45, 2.75) is 5.92 Å². The average Bonchev–Trinajstić information content (AvgIpc) is 3.02. The number of para-hydroxylation sites is 2. The number of rotatable bonds is 1. The number of benzene rings is 2. The molecule has 0 bridgehead atoms. The monoisotopic (exact) mass is 327 g/mol. The minimum absolute atomic E-state index is 0.120. The van der Waals surface area contributed by atoms with E-state index >= 15 is 0 Å². The van der Waals surface area contributed by atoms with E-state index in [2.05, 4.69) is 17.5 Å². The van der Waals surface area contributed by atoms with Crippen molar-refractivity contribution in [2.75, 3.05) is 10.2 Å². The molecule has 6 nitrogen and oxygen atoms in total. The first-order valence-electron chi connectivity index (χ1n) is 7.65. The standard InChI is InChI=1S/C19H13N5O/c20-9-13-17(11-5-7-12(25)8-6-11)14(10-21)19-23-15-3-1-2-4-16(15)24(19)18(13)22/h1-8,17,23,25H,22H2. The molecule has 2 heterocycles. The van der Waals surface area contributed by atoms with Gasteiger partial charge in [-0.3, -0.25) is 4.90 Å². The van der Waals surface area contributed by atoms with Crippen molar-refractivity contribution in [3.05, 3.63) is 76.9 Å². The van der Waals surface area contributed by atoms with Crippen LogP contribution in [0.2, 0.25) is 0 Å². The molecule has 4 rings (SSSR count). The third-order valence-electron chi connectivity index (χ3n) is 4.44. The second-order valence-electron chi connectivity index (χ2n) is 5.79. The number of nitrogens with two attached hydrogens (primary N) is 1. The number of phenolic OH excluding ortho intramolecular Hbond substituents is 1. The Balaban J connectivity index is 1.96. The van der Waals surface area contributed by atoms with Crippen LogP contribution in [-0.2, 0) is 0 Å². The van der Waals surface area contributed by atoms with Gasteiger partial charge in [0.25, 0.3) is 0 Å². The molecule has 2 aliphatic heterocycles. The van der Waals surface area contributed by atoms with E-state index in [0.29, 0.717) is 22.8 Å². The second kappa shape index (κ2) is 5.33. The normalized spacial score (nSPS) is 18.2. The van der Waals surface area contributed by atoms with Crippen molar-refractivity contribution in [2.24, 2.45) is 5.73 Å². The van der Waals surface area contributed by atoms with Gasteiger partial charge < -0.3 is 16.2 Å². The summed E-state index contributed by atoms with van der Waals surface area (Å²) < 4.78 is 0. The fourth-order valence-corrected chi connectivity index (χ4v) is 3.31. The zero-order valence-corrected chi connectivity index (χ0v) is 13.1. The van der Waals surface area contributed by atoms with E-state index in [1.54, 1.807) is 17.0 Å². The Bertz CT molecular complexity index is 1020. The number of nitrogens with one attached hydrogen (secondary N) is 1. The first kappa shape index (κ1) is 14.7. The lowest BCUT2D eigenvalue weighted by atomic mass is 9.83. The third-order valence-corrected chi connectivity index (χ3v) is 4.44. The predicted octanol–water partition coefficient (Wildman–Crippen LogP) is 2.85. The third kappa shape index (κ3) is 2.02. The molecule has 0 fully saturated rings. The summed E-state index contributed by atoms with van der Waals surface area (Å²) in [4.78, 5) is 1.71. The zero-order valence-electron chi connectivity index (χ0n) is 13.1. The fourth-order valence-electron chi connectivity index (χ4n) is 3.31. The minimum atomic E-state index is -0.580. The lowest BCUT2D eigenvalue weighted by Crippen LogP contribution is -2.34. The number of aromatic hydroxyl groups is 1. The van der Waals surface area contributed by atoms with E-state index in [0.717, 1.165) is 16.9 Å². The molecule has 0 spiro atoms. The van der Waals surface area contributed by atoms with Crippen LogP contribution in [0.4, 0.5) is 11.4 Å². The number of nitriles is 2. The highest BCUT2D eigenvalue weighted by Gasteiger charge is 2.40. The number of allylic oxidation sites excluding steroid dienone is 2. The molecule has 2 aromatic rings. The predicted molar refractivity (Wildman–Crippen MR) is 92.9 cm³/mol. The van der Waals surface area contributed by atoms with Crippen molar-refractivity contribution >= 4 is 11.4 Å². The maximum absolute atomic E-state index is 9.81. The summed E-state index contributed by atoms with van der Waals surface area (Å²) in [7, 11) is 0. The smallest absolute Gasteiger partial charge is 0.131 e. The summed E-state index contributed by atoms with van der Waals surface area (Å²) in [5.41, 5.74) is 9.39. The van der Waals surface area contributed by atoms with E-state index in [-0.39, 0.29) is 5.75 Å².